The molecule has 1 aromatic rings. The second kappa shape index (κ2) is 7.44. The van der Waals surface area contributed by atoms with Crippen LogP contribution in [-0.2, 0) is 20.5 Å². The lowest BCUT2D eigenvalue weighted by Gasteiger charge is -2.19. The highest BCUT2D eigenvalue weighted by Crippen LogP contribution is 2.38. The molecule has 0 radical (unpaired) electrons. The van der Waals surface area contributed by atoms with Gasteiger partial charge < -0.3 is 15.0 Å². The van der Waals surface area contributed by atoms with Crippen LogP contribution in [0.15, 0.2) is 18.2 Å². The van der Waals surface area contributed by atoms with Crippen LogP contribution in [0.25, 0.3) is 0 Å². The van der Waals surface area contributed by atoms with Gasteiger partial charge in [-0.05, 0) is 31.0 Å². The van der Waals surface area contributed by atoms with E-state index in [4.69, 9.17) is 16.3 Å². The maximum atomic E-state index is 13.0. The van der Waals surface area contributed by atoms with Gasteiger partial charge in [0.25, 0.3) is 0 Å². The van der Waals surface area contributed by atoms with Gasteiger partial charge in [-0.1, -0.05) is 11.6 Å². The average Bonchev–Trinajstić information content (AvgIpc) is 3.21. The first-order valence-electron chi connectivity index (χ1n) is 8.32. The Kier molecular flexibility index (Phi) is 5.43. The summed E-state index contributed by atoms with van der Waals surface area (Å²) in [6.45, 7) is 1.09. The van der Waals surface area contributed by atoms with E-state index in [0.29, 0.717) is 13.2 Å². The molecule has 26 heavy (non-hydrogen) atoms. The first kappa shape index (κ1) is 19.0. The van der Waals surface area contributed by atoms with Gasteiger partial charge in [-0.2, -0.15) is 13.2 Å². The van der Waals surface area contributed by atoms with Crippen LogP contribution >= 0.6 is 11.6 Å². The molecule has 2 atom stereocenters. The second-order valence-electron chi connectivity index (χ2n) is 6.45. The number of benzene rings is 1. The molecule has 0 bridgehead atoms. The van der Waals surface area contributed by atoms with Gasteiger partial charge in [-0.15, -0.1) is 0 Å². The summed E-state index contributed by atoms with van der Waals surface area (Å²) in [5, 5.41) is 2.33. The van der Waals surface area contributed by atoms with Crippen LogP contribution in [0.5, 0.6) is 0 Å². The Labute approximate surface area is 153 Å². The van der Waals surface area contributed by atoms with Crippen molar-refractivity contribution in [3.8, 4) is 0 Å². The van der Waals surface area contributed by atoms with Gasteiger partial charge in [0.2, 0.25) is 11.8 Å². The minimum Gasteiger partial charge on any atom is -0.376 e. The summed E-state index contributed by atoms with van der Waals surface area (Å²) in [6.07, 6.45) is -2.84. The summed E-state index contributed by atoms with van der Waals surface area (Å²) in [7, 11) is 0. The maximum Gasteiger partial charge on any atom is 0.417 e. The molecule has 2 saturated heterocycles. The molecule has 0 aromatic heterocycles. The molecule has 3 rings (SSSR count). The van der Waals surface area contributed by atoms with E-state index in [1.54, 1.807) is 0 Å². The molecule has 0 saturated carbocycles. The van der Waals surface area contributed by atoms with Crippen molar-refractivity contribution in [2.24, 2.45) is 5.92 Å². The number of nitrogens with zero attached hydrogens (tertiary/aromatic N) is 1. The smallest absolute Gasteiger partial charge is 0.376 e. The molecular weight excluding hydrogens is 373 g/mol. The van der Waals surface area contributed by atoms with Crippen LogP contribution in [0.3, 0.4) is 0 Å². The fourth-order valence-corrected chi connectivity index (χ4v) is 3.42. The first-order valence-corrected chi connectivity index (χ1v) is 8.70. The number of amides is 2. The number of ether oxygens (including phenoxy) is 1. The van der Waals surface area contributed by atoms with Crippen molar-refractivity contribution in [3.63, 3.8) is 0 Å². The summed E-state index contributed by atoms with van der Waals surface area (Å²) in [5.41, 5.74) is -0.920. The third-order valence-electron chi connectivity index (χ3n) is 4.59. The Morgan fingerprint density at radius 2 is 2.15 bits per heavy atom. The molecule has 2 fully saturated rings. The number of rotatable bonds is 4. The number of hydrogen-bond donors (Lipinski definition) is 1. The normalized spacial score (nSPS) is 23.5. The van der Waals surface area contributed by atoms with Crippen molar-refractivity contribution < 1.29 is 27.5 Å². The molecular formula is C17H18ClF3N2O3. The summed E-state index contributed by atoms with van der Waals surface area (Å²) < 4.78 is 44.4. The summed E-state index contributed by atoms with van der Waals surface area (Å²) in [6, 6.07) is 3.30. The van der Waals surface area contributed by atoms with E-state index in [2.05, 4.69) is 5.32 Å². The maximum absolute atomic E-state index is 13.0. The molecule has 1 aromatic carbocycles. The Morgan fingerprint density at radius 1 is 1.38 bits per heavy atom. The van der Waals surface area contributed by atoms with E-state index in [1.807, 2.05) is 0 Å². The van der Waals surface area contributed by atoms with E-state index < -0.39 is 28.6 Å². The minimum absolute atomic E-state index is 0.0160. The molecule has 1 N–H and O–H groups in total. The zero-order chi connectivity index (χ0) is 18.9. The lowest BCUT2D eigenvalue weighted by atomic mass is 10.1. The van der Waals surface area contributed by atoms with Crippen LogP contribution < -0.4 is 10.2 Å². The molecule has 0 spiro atoms. The summed E-state index contributed by atoms with van der Waals surface area (Å²) >= 11 is 5.61. The van der Waals surface area contributed by atoms with Gasteiger partial charge in [0.15, 0.2) is 0 Å². The Bertz CT molecular complexity index is 705. The van der Waals surface area contributed by atoms with Gasteiger partial charge in [-0.25, -0.2) is 0 Å². The number of halogens is 4. The van der Waals surface area contributed by atoms with E-state index in [1.165, 1.54) is 11.0 Å². The standard InChI is InChI=1S/C17H18ClF3N2O3/c18-14-4-3-11(7-13(14)17(19,20)21)23-9-10(6-15(23)24)16(25)22-8-12-2-1-5-26-12/h3-4,7,10,12H,1-2,5-6,8-9H2,(H,22,25). The van der Waals surface area contributed by atoms with Gasteiger partial charge in [0.1, 0.15) is 0 Å². The van der Waals surface area contributed by atoms with Crippen molar-refractivity contribution in [2.45, 2.75) is 31.5 Å². The first-order chi connectivity index (χ1) is 12.3. The third kappa shape index (κ3) is 4.12. The highest BCUT2D eigenvalue weighted by atomic mass is 35.5. The third-order valence-corrected chi connectivity index (χ3v) is 4.92. The van der Waals surface area contributed by atoms with Gasteiger partial charge in [0, 0.05) is 31.8 Å². The molecule has 142 valence electrons. The Balaban J connectivity index is 1.67. The van der Waals surface area contributed by atoms with Gasteiger partial charge in [-0.3, -0.25) is 9.59 Å². The van der Waals surface area contributed by atoms with E-state index in [0.717, 1.165) is 25.0 Å². The van der Waals surface area contributed by atoms with Crippen molar-refractivity contribution in [3.05, 3.63) is 28.8 Å². The molecule has 2 amide bonds. The molecule has 2 heterocycles. The van der Waals surface area contributed by atoms with Crippen LogP contribution in [-0.4, -0.2) is 37.6 Å². The highest BCUT2D eigenvalue weighted by Gasteiger charge is 2.38. The largest absolute Gasteiger partial charge is 0.417 e. The molecule has 5 nitrogen and oxygen atoms in total. The van der Waals surface area contributed by atoms with E-state index in [9.17, 15) is 22.8 Å². The van der Waals surface area contributed by atoms with Crippen molar-refractivity contribution in [2.75, 3.05) is 24.6 Å². The predicted molar refractivity (Wildman–Crippen MR) is 88.9 cm³/mol. The van der Waals surface area contributed by atoms with Crippen LogP contribution in [0.4, 0.5) is 18.9 Å². The molecule has 2 unspecified atom stereocenters. The average molecular weight is 391 g/mol. The Hall–Kier alpha value is -1.80. The SMILES string of the molecule is O=C(NCC1CCCO1)C1CC(=O)N(c2ccc(Cl)c(C(F)(F)F)c2)C1. The van der Waals surface area contributed by atoms with Crippen LogP contribution in [0, 0.1) is 5.92 Å². The van der Waals surface area contributed by atoms with Gasteiger partial charge in [0.05, 0.1) is 22.6 Å². The van der Waals surface area contributed by atoms with Crippen molar-refractivity contribution >= 4 is 29.1 Å². The number of nitrogens with one attached hydrogen (secondary N) is 1. The lowest BCUT2D eigenvalue weighted by molar-refractivity contribution is -0.137. The number of anilines is 1. The fourth-order valence-electron chi connectivity index (χ4n) is 3.20. The van der Waals surface area contributed by atoms with Gasteiger partial charge >= 0.3 is 6.18 Å². The quantitative estimate of drug-likeness (QED) is 0.859. The van der Waals surface area contributed by atoms with Crippen LogP contribution in [0.2, 0.25) is 5.02 Å². The fraction of sp³-hybridized carbons (Fsp3) is 0.529. The molecule has 9 heteroatoms. The topological polar surface area (TPSA) is 58.6 Å². The van der Waals surface area contributed by atoms with E-state index >= 15 is 0 Å². The number of hydrogen-bond acceptors (Lipinski definition) is 3. The Morgan fingerprint density at radius 3 is 2.81 bits per heavy atom. The monoisotopic (exact) mass is 390 g/mol. The number of alkyl halides is 3. The second-order valence-corrected chi connectivity index (χ2v) is 6.85. The summed E-state index contributed by atoms with van der Waals surface area (Å²) in [5.74, 6) is -1.28. The van der Waals surface area contributed by atoms with E-state index in [-0.39, 0.29) is 30.7 Å². The number of carbonyl (C=O) groups excluding carboxylic acids is 2. The zero-order valence-electron chi connectivity index (χ0n) is 13.8. The number of carbonyl (C=O) groups is 2. The lowest BCUT2D eigenvalue weighted by Crippen LogP contribution is -2.37. The predicted octanol–water partition coefficient (Wildman–Crippen LogP) is 3.01. The molecule has 0 aliphatic carbocycles. The molecule has 2 aliphatic heterocycles. The van der Waals surface area contributed by atoms with Crippen molar-refractivity contribution in [1.82, 2.24) is 5.32 Å². The molecule has 2 aliphatic rings. The minimum atomic E-state index is -4.62. The van der Waals surface area contributed by atoms with Crippen molar-refractivity contribution in [1.29, 1.82) is 0 Å². The zero-order valence-corrected chi connectivity index (χ0v) is 14.6. The van der Waals surface area contributed by atoms with Crippen LogP contribution in [0.1, 0.15) is 24.8 Å². The highest BCUT2D eigenvalue weighted by molar-refractivity contribution is 6.31. The summed E-state index contributed by atoms with van der Waals surface area (Å²) in [4.78, 5) is 25.7.